The second kappa shape index (κ2) is 5.96. The molecule has 0 aliphatic carbocycles. The summed E-state index contributed by atoms with van der Waals surface area (Å²) in [6.45, 7) is 3.78. The molecule has 0 aliphatic rings. The van der Waals surface area contributed by atoms with Crippen molar-refractivity contribution >= 4 is 11.6 Å². The molecule has 1 aromatic heterocycles. The number of benzene rings is 2. The first kappa shape index (κ1) is 14.8. The number of rotatable bonds is 3. The molecule has 1 heterocycles. The zero-order chi connectivity index (χ0) is 16.4. The number of aryl methyl sites for hydroxylation is 2. The van der Waals surface area contributed by atoms with E-state index in [1.807, 2.05) is 56.3 Å². The molecule has 0 radical (unpaired) electrons. The van der Waals surface area contributed by atoms with Crippen molar-refractivity contribution in [3.63, 3.8) is 0 Å². The first-order valence-corrected chi connectivity index (χ1v) is 7.27. The molecule has 23 heavy (non-hydrogen) atoms. The monoisotopic (exact) mass is 307 g/mol. The molecule has 3 aromatic rings. The standard InChI is InChI=1S/C18H17N3O2/c1-11-8-12(2)17(22)14(9-11)15-10-16(21-20-15)18(23)19-13-6-4-3-5-7-13/h3-10,22H,1-2H3,(H,19,23)(H,20,21). The summed E-state index contributed by atoms with van der Waals surface area (Å²) in [5.74, 6) is -0.101. The first-order chi connectivity index (χ1) is 11.0. The third-order valence-corrected chi connectivity index (χ3v) is 3.57. The second-order valence-electron chi connectivity index (χ2n) is 5.46. The van der Waals surface area contributed by atoms with Crippen LogP contribution < -0.4 is 5.32 Å². The summed E-state index contributed by atoms with van der Waals surface area (Å²) in [4.78, 5) is 12.2. The molecule has 2 aromatic carbocycles. The average molecular weight is 307 g/mol. The predicted molar refractivity (Wildman–Crippen MR) is 89.6 cm³/mol. The van der Waals surface area contributed by atoms with Crippen molar-refractivity contribution in [3.8, 4) is 17.0 Å². The van der Waals surface area contributed by atoms with E-state index in [1.165, 1.54) is 0 Å². The lowest BCUT2D eigenvalue weighted by atomic mass is 10.0. The average Bonchev–Trinajstić information content (AvgIpc) is 3.01. The van der Waals surface area contributed by atoms with E-state index in [-0.39, 0.29) is 11.7 Å². The minimum Gasteiger partial charge on any atom is -0.507 e. The number of aromatic nitrogens is 2. The van der Waals surface area contributed by atoms with Gasteiger partial charge in [-0.25, -0.2) is 0 Å². The summed E-state index contributed by atoms with van der Waals surface area (Å²) < 4.78 is 0. The molecule has 0 unspecified atom stereocenters. The highest BCUT2D eigenvalue weighted by Crippen LogP contribution is 2.32. The highest BCUT2D eigenvalue weighted by atomic mass is 16.3. The normalized spacial score (nSPS) is 10.5. The minimum atomic E-state index is -0.279. The lowest BCUT2D eigenvalue weighted by Crippen LogP contribution is -2.12. The van der Waals surface area contributed by atoms with Crippen molar-refractivity contribution in [3.05, 3.63) is 65.4 Å². The Labute approximate surface area is 134 Å². The number of nitrogens with one attached hydrogen (secondary N) is 2. The maximum Gasteiger partial charge on any atom is 0.273 e. The molecule has 0 aliphatic heterocycles. The van der Waals surface area contributed by atoms with Crippen molar-refractivity contribution in [1.29, 1.82) is 0 Å². The van der Waals surface area contributed by atoms with E-state index < -0.39 is 0 Å². The topological polar surface area (TPSA) is 78.0 Å². The summed E-state index contributed by atoms with van der Waals surface area (Å²) in [7, 11) is 0. The highest BCUT2D eigenvalue weighted by molar-refractivity contribution is 6.03. The Bertz CT molecular complexity index is 854. The highest BCUT2D eigenvalue weighted by Gasteiger charge is 2.15. The summed E-state index contributed by atoms with van der Waals surface area (Å²) in [5, 5.41) is 19.9. The van der Waals surface area contributed by atoms with Crippen molar-refractivity contribution < 1.29 is 9.90 Å². The molecule has 116 valence electrons. The smallest absolute Gasteiger partial charge is 0.273 e. The van der Waals surface area contributed by atoms with Crippen LogP contribution in [0.2, 0.25) is 0 Å². The minimum absolute atomic E-state index is 0.178. The quantitative estimate of drug-likeness (QED) is 0.691. The second-order valence-corrected chi connectivity index (χ2v) is 5.46. The van der Waals surface area contributed by atoms with Crippen LogP contribution in [-0.4, -0.2) is 21.2 Å². The summed E-state index contributed by atoms with van der Waals surface area (Å²) in [5.41, 5.74) is 3.99. The van der Waals surface area contributed by atoms with Gasteiger partial charge in [0.25, 0.3) is 5.91 Å². The molecular formula is C18H17N3O2. The van der Waals surface area contributed by atoms with Crippen molar-refractivity contribution in [2.45, 2.75) is 13.8 Å². The zero-order valence-electron chi connectivity index (χ0n) is 12.9. The van der Waals surface area contributed by atoms with Gasteiger partial charge >= 0.3 is 0 Å². The van der Waals surface area contributed by atoms with Gasteiger partial charge in [-0.15, -0.1) is 0 Å². The van der Waals surface area contributed by atoms with E-state index in [1.54, 1.807) is 6.07 Å². The lowest BCUT2D eigenvalue weighted by Gasteiger charge is -2.06. The molecule has 1 amide bonds. The van der Waals surface area contributed by atoms with Crippen LogP contribution in [0.4, 0.5) is 5.69 Å². The molecule has 5 heteroatoms. The van der Waals surface area contributed by atoms with Crippen LogP contribution >= 0.6 is 0 Å². The van der Waals surface area contributed by atoms with Gasteiger partial charge in [-0.3, -0.25) is 9.89 Å². The van der Waals surface area contributed by atoms with Gasteiger partial charge in [-0.1, -0.05) is 24.3 Å². The summed E-state index contributed by atoms with van der Waals surface area (Å²) in [6.07, 6.45) is 0. The number of para-hydroxylation sites is 1. The summed E-state index contributed by atoms with van der Waals surface area (Å²) in [6, 6.07) is 14.6. The SMILES string of the molecule is Cc1cc(C)c(O)c(-c2cc(C(=O)Nc3ccccc3)[nH]n2)c1. The molecule has 3 N–H and O–H groups in total. The van der Waals surface area contributed by atoms with Crippen molar-refractivity contribution in [1.82, 2.24) is 10.2 Å². The largest absolute Gasteiger partial charge is 0.507 e. The Balaban J connectivity index is 1.88. The Hall–Kier alpha value is -3.08. The molecule has 0 bridgehead atoms. The number of phenolic OH excluding ortho intramolecular Hbond substituents is 1. The molecule has 0 spiro atoms. The Kier molecular flexibility index (Phi) is 3.85. The van der Waals surface area contributed by atoms with Gasteiger partial charge in [0.2, 0.25) is 0 Å². The van der Waals surface area contributed by atoms with Crippen molar-refractivity contribution in [2.75, 3.05) is 5.32 Å². The number of nitrogens with zero attached hydrogens (tertiary/aromatic N) is 1. The molecule has 0 saturated carbocycles. The fourth-order valence-corrected chi connectivity index (χ4v) is 2.45. The van der Waals surface area contributed by atoms with Crippen LogP contribution in [0, 0.1) is 13.8 Å². The molecule has 5 nitrogen and oxygen atoms in total. The van der Waals surface area contributed by atoms with E-state index >= 15 is 0 Å². The fraction of sp³-hybridized carbons (Fsp3) is 0.111. The van der Waals surface area contributed by atoms with Gasteiger partial charge < -0.3 is 10.4 Å². The molecule has 0 saturated heterocycles. The number of phenols is 1. The molecule has 3 rings (SSSR count). The predicted octanol–water partition coefficient (Wildman–Crippen LogP) is 3.65. The van der Waals surface area contributed by atoms with Crippen LogP contribution in [0.1, 0.15) is 21.6 Å². The third-order valence-electron chi connectivity index (χ3n) is 3.57. The van der Waals surface area contributed by atoms with Gasteiger partial charge in [-0.2, -0.15) is 5.10 Å². The van der Waals surface area contributed by atoms with Crippen LogP contribution in [0.3, 0.4) is 0 Å². The van der Waals surface area contributed by atoms with Crippen LogP contribution in [0.25, 0.3) is 11.3 Å². The Morgan fingerprint density at radius 3 is 2.61 bits per heavy atom. The molecular weight excluding hydrogens is 290 g/mol. The van der Waals surface area contributed by atoms with Gasteiger partial charge in [0.1, 0.15) is 11.4 Å². The number of amides is 1. The van der Waals surface area contributed by atoms with Gasteiger partial charge in [-0.05, 0) is 49.2 Å². The summed E-state index contributed by atoms with van der Waals surface area (Å²) >= 11 is 0. The Morgan fingerprint density at radius 1 is 1.13 bits per heavy atom. The molecule has 0 fully saturated rings. The number of carbonyl (C=O) groups is 1. The number of hydrogen-bond acceptors (Lipinski definition) is 3. The number of H-pyrrole nitrogens is 1. The van der Waals surface area contributed by atoms with Crippen LogP contribution in [-0.2, 0) is 0 Å². The first-order valence-electron chi connectivity index (χ1n) is 7.27. The van der Waals surface area contributed by atoms with E-state index in [2.05, 4.69) is 15.5 Å². The van der Waals surface area contributed by atoms with Gasteiger partial charge in [0.15, 0.2) is 0 Å². The molecule has 0 atom stereocenters. The maximum atomic E-state index is 12.2. The number of carbonyl (C=O) groups excluding carboxylic acids is 1. The lowest BCUT2D eigenvalue weighted by molar-refractivity contribution is 0.102. The number of anilines is 1. The van der Waals surface area contributed by atoms with E-state index in [0.717, 1.165) is 11.1 Å². The van der Waals surface area contributed by atoms with E-state index in [4.69, 9.17) is 0 Å². The maximum absolute atomic E-state index is 12.2. The van der Waals surface area contributed by atoms with E-state index in [0.29, 0.717) is 22.6 Å². The van der Waals surface area contributed by atoms with Gasteiger partial charge in [0, 0.05) is 11.3 Å². The van der Waals surface area contributed by atoms with E-state index in [9.17, 15) is 9.90 Å². The van der Waals surface area contributed by atoms with Crippen LogP contribution in [0.15, 0.2) is 48.5 Å². The zero-order valence-corrected chi connectivity index (χ0v) is 12.9. The van der Waals surface area contributed by atoms with Gasteiger partial charge in [0.05, 0.1) is 5.69 Å². The fourth-order valence-electron chi connectivity index (χ4n) is 2.45. The van der Waals surface area contributed by atoms with Crippen molar-refractivity contribution in [2.24, 2.45) is 0 Å². The number of aromatic amines is 1. The third kappa shape index (κ3) is 3.08. The number of aromatic hydroxyl groups is 1. The van der Waals surface area contributed by atoms with Crippen LogP contribution in [0.5, 0.6) is 5.75 Å². The number of hydrogen-bond donors (Lipinski definition) is 3. The Morgan fingerprint density at radius 2 is 1.87 bits per heavy atom.